The van der Waals surface area contributed by atoms with E-state index in [-0.39, 0.29) is 27.7 Å². The molecule has 1 aromatic carbocycles. The number of nitrogens with zero attached hydrogens (tertiary/aromatic N) is 1. The number of benzene rings is 1. The number of ether oxygens (including phenoxy) is 1. The first-order valence-electron chi connectivity index (χ1n) is 7.80. The number of esters is 1. The number of carboxylic acids is 1. The van der Waals surface area contributed by atoms with Gasteiger partial charge in [0.15, 0.2) is 12.5 Å². The Morgan fingerprint density at radius 1 is 1.23 bits per heavy atom. The number of aromatic nitrogens is 1. The van der Waals surface area contributed by atoms with Crippen molar-refractivity contribution in [2.45, 2.75) is 32.9 Å². The number of carbonyl (C=O) groups excluding carboxylic acids is 3. The van der Waals surface area contributed by atoms with Gasteiger partial charge in [0.05, 0.1) is 11.4 Å². The molecule has 0 fully saturated rings. The molecule has 6 nitrogen and oxygen atoms in total. The van der Waals surface area contributed by atoms with Crippen molar-refractivity contribution in [3.05, 3.63) is 54.1 Å². The third kappa shape index (κ3) is 5.03. The van der Waals surface area contributed by atoms with Crippen LogP contribution in [0.5, 0.6) is 0 Å². The Bertz CT molecular complexity index is 808. The molecule has 26 heavy (non-hydrogen) atoms. The molecule has 1 aliphatic carbocycles. The summed E-state index contributed by atoms with van der Waals surface area (Å²) in [5.41, 5.74) is 4.82. The fourth-order valence-electron chi connectivity index (χ4n) is 2.98. The second-order valence-electron chi connectivity index (χ2n) is 5.64. The molecular formula is C19H19HgNO5. The average Bonchev–Trinajstić information content (AvgIpc) is 2.92. The van der Waals surface area contributed by atoms with E-state index in [0.717, 1.165) is 42.9 Å². The summed E-state index contributed by atoms with van der Waals surface area (Å²) < 4.78 is 6.88. The Kier molecular flexibility index (Phi) is 8.21. The van der Waals surface area contributed by atoms with E-state index in [2.05, 4.69) is 13.0 Å². The van der Waals surface area contributed by atoms with E-state index in [4.69, 9.17) is 14.6 Å². The van der Waals surface area contributed by atoms with Crippen LogP contribution in [-0.4, -0.2) is 22.8 Å². The molecule has 2 aromatic rings. The van der Waals surface area contributed by atoms with Gasteiger partial charge in [-0.3, -0.25) is 9.59 Å². The van der Waals surface area contributed by atoms with Crippen LogP contribution in [0.4, 0.5) is 0 Å². The number of aryl methyl sites for hydroxylation is 2. The van der Waals surface area contributed by atoms with Crippen LogP contribution in [-0.2, 0) is 54.8 Å². The van der Waals surface area contributed by atoms with Crippen LogP contribution in [0.2, 0.25) is 0 Å². The van der Waals surface area contributed by atoms with Gasteiger partial charge in [-0.1, -0.05) is 24.3 Å². The molecule has 3 rings (SSSR count). The SMILES string of the molecule is CC(=O)[O-].[CH2]C(OC(C)=O)n1c(C=O)cc2c1-c1ccccc1CC2.[Hg+]. The van der Waals surface area contributed by atoms with Crippen molar-refractivity contribution >= 4 is 18.2 Å². The number of aliphatic carboxylic acids is 1. The van der Waals surface area contributed by atoms with Gasteiger partial charge >= 0.3 is 33.6 Å². The van der Waals surface area contributed by atoms with Crippen molar-refractivity contribution in [1.29, 1.82) is 0 Å². The quantitative estimate of drug-likeness (QED) is 0.335. The summed E-state index contributed by atoms with van der Waals surface area (Å²) in [5, 5.41) is 8.89. The van der Waals surface area contributed by atoms with Gasteiger partial charge in [-0.2, -0.15) is 0 Å². The zero-order valence-electron chi connectivity index (χ0n) is 14.9. The minimum atomic E-state index is -1.08. The Morgan fingerprint density at radius 3 is 2.38 bits per heavy atom. The monoisotopic (exact) mass is 543 g/mol. The molecule has 132 valence electrons. The van der Waals surface area contributed by atoms with E-state index in [1.54, 1.807) is 4.57 Å². The zero-order chi connectivity index (χ0) is 18.6. The summed E-state index contributed by atoms with van der Waals surface area (Å²) in [4.78, 5) is 31.4. The molecular weight excluding hydrogens is 523 g/mol. The van der Waals surface area contributed by atoms with E-state index in [1.165, 1.54) is 12.5 Å². The van der Waals surface area contributed by atoms with Crippen molar-refractivity contribution in [2.24, 2.45) is 0 Å². The Balaban J connectivity index is 0.000000616. The second kappa shape index (κ2) is 9.66. The van der Waals surface area contributed by atoms with Crippen LogP contribution < -0.4 is 5.11 Å². The van der Waals surface area contributed by atoms with Crippen LogP contribution in [0.25, 0.3) is 11.3 Å². The third-order valence-electron chi connectivity index (χ3n) is 3.79. The third-order valence-corrected chi connectivity index (χ3v) is 3.79. The summed E-state index contributed by atoms with van der Waals surface area (Å²) in [6, 6.07) is 9.94. The first kappa shape index (κ1) is 22.1. The molecule has 1 unspecified atom stereocenters. The van der Waals surface area contributed by atoms with Gasteiger partial charge in [-0.15, -0.1) is 0 Å². The van der Waals surface area contributed by atoms with E-state index in [0.29, 0.717) is 5.69 Å². The van der Waals surface area contributed by atoms with Gasteiger partial charge in [0.2, 0.25) is 0 Å². The Labute approximate surface area is 172 Å². The van der Waals surface area contributed by atoms with Gasteiger partial charge in [0.25, 0.3) is 0 Å². The van der Waals surface area contributed by atoms with E-state index in [1.807, 2.05) is 24.3 Å². The maximum absolute atomic E-state index is 11.4. The molecule has 0 saturated carbocycles. The first-order chi connectivity index (χ1) is 11.8. The van der Waals surface area contributed by atoms with Crippen LogP contribution in [0.3, 0.4) is 0 Å². The number of hydrogen-bond acceptors (Lipinski definition) is 5. The number of carboxylic acid groups (broad SMARTS) is 1. The van der Waals surface area contributed by atoms with Gasteiger partial charge in [-0.05, 0) is 37.0 Å². The number of rotatable bonds is 3. The molecule has 0 amide bonds. The molecule has 0 spiro atoms. The fourth-order valence-corrected chi connectivity index (χ4v) is 2.98. The summed E-state index contributed by atoms with van der Waals surface area (Å²) in [6.45, 7) is 6.18. The predicted molar refractivity (Wildman–Crippen MR) is 89.5 cm³/mol. The summed E-state index contributed by atoms with van der Waals surface area (Å²) in [6.07, 6.45) is 1.84. The number of carbonyl (C=O) groups is 3. The van der Waals surface area contributed by atoms with Crippen LogP contribution in [0, 0.1) is 6.92 Å². The molecule has 0 N–H and O–H groups in total. The zero-order valence-corrected chi connectivity index (χ0v) is 20.4. The predicted octanol–water partition coefficient (Wildman–Crippen LogP) is 1.72. The van der Waals surface area contributed by atoms with Crippen LogP contribution >= 0.6 is 0 Å². The Morgan fingerprint density at radius 2 is 1.81 bits per heavy atom. The standard InChI is InChI=1S/C17H16NO3.C2H4O2.Hg/c1-11(21-12(2)20)18-15(10-19)9-14-8-7-13-5-3-4-6-16(13)17(14)18;1-2(3)4;/h3-6,9-11H,1,7-8H2,2H3;1H3,(H,3,4);/q;;+1/p-1. The molecule has 1 aliphatic rings. The normalized spacial score (nSPS) is 12.3. The minimum Gasteiger partial charge on any atom is -0.550 e. The summed E-state index contributed by atoms with van der Waals surface area (Å²) >= 11 is 0. The van der Waals surface area contributed by atoms with Crippen molar-refractivity contribution < 1.29 is 51.9 Å². The molecule has 2 radical (unpaired) electrons. The van der Waals surface area contributed by atoms with E-state index in [9.17, 15) is 9.59 Å². The maximum Gasteiger partial charge on any atom is 1.00 e. The van der Waals surface area contributed by atoms with Crippen molar-refractivity contribution in [3.63, 3.8) is 0 Å². The number of fused-ring (bicyclic) bond motifs is 3. The first-order valence-corrected chi connectivity index (χ1v) is 7.80. The molecule has 1 heterocycles. The smallest absolute Gasteiger partial charge is 0.550 e. The Hall–Kier alpha value is -1.95. The molecule has 0 saturated heterocycles. The molecule has 0 aliphatic heterocycles. The van der Waals surface area contributed by atoms with Crippen LogP contribution in [0.15, 0.2) is 30.3 Å². The van der Waals surface area contributed by atoms with Crippen molar-refractivity contribution in [1.82, 2.24) is 4.57 Å². The van der Waals surface area contributed by atoms with Crippen LogP contribution in [0.1, 0.15) is 41.7 Å². The van der Waals surface area contributed by atoms with Crippen molar-refractivity contribution in [2.75, 3.05) is 0 Å². The number of hydrogen-bond donors (Lipinski definition) is 0. The van der Waals surface area contributed by atoms with Gasteiger partial charge < -0.3 is 19.2 Å². The van der Waals surface area contributed by atoms with Gasteiger partial charge in [0.1, 0.15) is 0 Å². The minimum absolute atomic E-state index is 0. The molecule has 0 bridgehead atoms. The molecule has 1 atom stereocenters. The summed E-state index contributed by atoms with van der Waals surface area (Å²) in [5.74, 6) is -1.50. The van der Waals surface area contributed by atoms with Gasteiger partial charge in [0, 0.05) is 25.4 Å². The van der Waals surface area contributed by atoms with Gasteiger partial charge in [-0.25, -0.2) is 0 Å². The molecule has 1 aromatic heterocycles. The maximum atomic E-state index is 11.4. The molecule has 7 heteroatoms. The van der Waals surface area contributed by atoms with E-state index >= 15 is 0 Å². The largest absolute Gasteiger partial charge is 1.00 e. The fraction of sp³-hybridized carbons (Fsp3) is 0.263. The number of aldehydes is 1. The summed E-state index contributed by atoms with van der Waals surface area (Å²) in [7, 11) is 0. The topological polar surface area (TPSA) is 88.4 Å². The second-order valence-corrected chi connectivity index (χ2v) is 5.64. The van der Waals surface area contributed by atoms with E-state index < -0.39 is 18.2 Å². The average molecular weight is 542 g/mol. The van der Waals surface area contributed by atoms with Crippen molar-refractivity contribution in [3.8, 4) is 11.3 Å².